The molecule has 1 aromatic heterocycles. The van der Waals surface area contributed by atoms with Crippen molar-refractivity contribution in [1.29, 1.82) is 0 Å². The van der Waals surface area contributed by atoms with Crippen LogP contribution in [0.25, 0.3) is 10.9 Å². The third-order valence-electron chi connectivity index (χ3n) is 3.73. The van der Waals surface area contributed by atoms with E-state index in [1.54, 1.807) is 0 Å². The number of hydrogen-bond acceptors (Lipinski definition) is 2. The second-order valence-electron chi connectivity index (χ2n) is 5.51. The molecule has 0 amide bonds. The largest absolute Gasteiger partial charge is 0.380 e. The zero-order valence-electron chi connectivity index (χ0n) is 13.4. The van der Waals surface area contributed by atoms with Gasteiger partial charge in [-0.2, -0.15) is 0 Å². The van der Waals surface area contributed by atoms with Crippen LogP contribution in [-0.4, -0.2) is 24.3 Å². The predicted octanol–water partition coefficient (Wildman–Crippen LogP) is 3.96. The Hall–Kier alpha value is -1.32. The maximum atomic E-state index is 5.70. The van der Waals surface area contributed by atoms with Crippen molar-refractivity contribution in [2.75, 3.05) is 19.8 Å². The van der Waals surface area contributed by atoms with Crippen molar-refractivity contribution < 1.29 is 4.74 Å². The lowest BCUT2D eigenvalue weighted by atomic mass is 10.2. The average Bonchev–Trinajstić information content (AvgIpc) is 2.86. The molecule has 3 nitrogen and oxygen atoms in total. The number of nitrogens with one attached hydrogen (secondary N) is 1. The van der Waals surface area contributed by atoms with Gasteiger partial charge in [-0.3, -0.25) is 0 Å². The first-order valence-electron chi connectivity index (χ1n) is 8.22. The van der Waals surface area contributed by atoms with E-state index in [0.29, 0.717) is 0 Å². The number of para-hydroxylation sites is 1. The van der Waals surface area contributed by atoms with Crippen LogP contribution in [0.5, 0.6) is 0 Å². The fourth-order valence-electron chi connectivity index (χ4n) is 2.56. The number of benzene rings is 1. The smallest absolute Gasteiger partial charge is 0.0645 e. The molecule has 0 unspecified atom stereocenters. The summed E-state index contributed by atoms with van der Waals surface area (Å²) < 4.78 is 8.02. The standard InChI is InChI=1S/C18H28N2O/c1-3-5-12-21-13-11-20-15-16(14-19-10-4-2)17-8-6-7-9-18(17)20/h6-9,15,19H,3-5,10-14H2,1-2H3. The Morgan fingerprint density at radius 2 is 1.95 bits per heavy atom. The van der Waals surface area contributed by atoms with Crippen LogP contribution in [0, 0.1) is 0 Å². The van der Waals surface area contributed by atoms with E-state index in [1.165, 1.54) is 29.3 Å². The van der Waals surface area contributed by atoms with Gasteiger partial charge < -0.3 is 14.6 Å². The van der Waals surface area contributed by atoms with Gasteiger partial charge in [-0.25, -0.2) is 0 Å². The third kappa shape index (κ3) is 4.58. The van der Waals surface area contributed by atoms with Crippen molar-refractivity contribution >= 4 is 10.9 Å². The number of aromatic nitrogens is 1. The predicted molar refractivity (Wildman–Crippen MR) is 89.7 cm³/mol. The summed E-state index contributed by atoms with van der Waals surface area (Å²) in [6.07, 6.45) is 5.79. The van der Waals surface area contributed by atoms with Gasteiger partial charge in [-0.05, 0) is 31.0 Å². The minimum atomic E-state index is 0.792. The van der Waals surface area contributed by atoms with Gasteiger partial charge in [-0.15, -0.1) is 0 Å². The molecule has 1 heterocycles. The minimum absolute atomic E-state index is 0.792. The first-order chi connectivity index (χ1) is 10.4. The van der Waals surface area contributed by atoms with Gasteiger partial charge in [0, 0.05) is 36.8 Å². The maximum absolute atomic E-state index is 5.70. The highest BCUT2D eigenvalue weighted by Crippen LogP contribution is 2.21. The van der Waals surface area contributed by atoms with Gasteiger partial charge in [0.25, 0.3) is 0 Å². The number of unbranched alkanes of at least 4 members (excludes halogenated alkanes) is 1. The normalized spacial score (nSPS) is 11.3. The summed E-state index contributed by atoms with van der Waals surface area (Å²) in [5.74, 6) is 0. The van der Waals surface area contributed by atoms with Crippen molar-refractivity contribution in [3.05, 3.63) is 36.0 Å². The zero-order chi connectivity index (χ0) is 14.9. The second kappa shape index (κ2) is 8.85. The Bertz CT molecular complexity index is 533. The fourth-order valence-corrected chi connectivity index (χ4v) is 2.56. The Morgan fingerprint density at radius 3 is 2.76 bits per heavy atom. The van der Waals surface area contributed by atoms with Crippen LogP contribution in [0.1, 0.15) is 38.7 Å². The van der Waals surface area contributed by atoms with Crippen LogP contribution in [0.4, 0.5) is 0 Å². The molecule has 1 N–H and O–H groups in total. The molecule has 0 atom stereocenters. The lowest BCUT2D eigenvalue weighted by Gasteiger charge is -2.06. The van der Waals surface area contributed by atoms with E-state index >= 15 is 0 Å². The molecule has 0 saturated heterocycles. The molecule has 3 heteroatoms. The molecule has 2 aromatic rings. The van der Waals surface area contributed by atoms with Gasteiger partial charge in [0.15, 0.2) is 0 Å². The van der Waals surface area contributed by atoms with Crippen LogP contribution in [0.2, 0.25) is 0 Å². The quantitative estimate of drug-likeness (QED) is 0.670. The summed E-state index contributed by atoms with van der Waals surface area (Å²) in [6, 6.07) is 8.64. The minimum Gasteiger partial charge on any atom is -0.380 e. The van der Waals surface area contributed by atoms with Crippen molar-refractivity contribution in [2.45, 2.75) is 46.2 Å². The molecule has 0 radical (unpaired) electrons. The molecule has 0 fully saturated rings. The molecular formula is C18H28N2O. The highest BCUT2D eigenvalue weighted by Gasteiger charge is 2.07. The number of ether oxygens (including phenoxy) is 1. The van der Waals surface area contributed by atoms with E-state index in [-0.39, 0.29) is 0 Å². The average molecular weight is 288 g/mol. The molecule has 0 aliphatic heterocycles. The van der Waals surface area contributed by atoms with Gasteiger partial charge in [0.2, 0.25) is 0 Å². The Morgan fingerprint density at radius 1 is 1.10 bits per heavy atom. The fraction of sp³-hybridized carbons (Fsp3) is 0.556. The zero-order valence-corrected chi connectivity index (χ0v) is 13.4. The van der Waals surface area contributed by atoms with Gasteiger partial charge in [0.1, 0.15) is 0 Å². The molecule has 116 valence electrons. The van der Waals surface area contributed by atoms with Crippen LogP contribution < -0.4 is 5.32 Å². The van der Waals surface area contributed by atoms with E-state index in [4.69, 9.17) is 4.74 Å². The molecule has 1 aromatic carbocycles. The van der Waals surface area contributed by atoms with Crippen molar-refractivity contribution in [3.8, 4) is 0 Å². The van der Waals surface area contributed by atoms with E-state index in [1.807, 2.05) is 0 Å². The van der Waals surface area contributed by atoms with Gasteiger partial charge in [-0.1, -0.05) is 38.5 Å². The highest BCUT2D eigenvalue weighted by atomic mass is 16.5. The first kappa shape index (κ1) is 16.1. The Labute approximate surface area is 128 Å². The molecule has 0 bridgehead atoms. The lowest BCUT2D eigenvalue weighted by molar-refractivity contribution is 0.124. The van der Waals surface area contributed by atoms with Crippen molar-refractivity contribution in [3.63, 3.8) is 0 Å². The topological polar surface area (TPSA) is 26.2 Å². The van der Waals surface area contributed by atoms with Crippen LogP contribution in [0.15, 0.2) is 30.5 Å². The summed E-state index contributed by atoms with van der Waals surface area (Å²) in [4.78, 5) is 0. The maximum Gasteiger partial charge on any atom is 0.0645 e. The van der Waals surface area contributed by atoms with E-state index in [0.717, 1.165) is 39.3 Å². The SMILES string of the molecule is CCCCOCCn1cc(CNCCC)c2ccccc21. The molecule has 2 rings (SSSR count). The van der Waals surface area contributed by atoms with Gasteiger partial charge in [0.05, 0.1) is 6.61 Å². The summed E-state index contributed by atoms with van der Waals surface area (Å²) in [7, 11) is 0. The van der Waals surface area contributed by atoms with E-state index in [2.05, 4.69) is 54.2 Å². The van der Waals surface area contributed by atoms with Crippen LogP contribution in [0.3, 0.4) is 0 Å². The molecule has 0 aliphatic carbocycles. The number of rotatable bonds is 10. The summed E-state index contributed by atoms with van der Waals surface area (Å²) in [5.41, 5.74) is 2.69. The Kier molecular flexibility index (Phi) is 6.77. The van der Waals surface area contributed by atoms with E-state index < -0.39 is 0 Å². The first-order valence-corrected chi connectivity index (χ1v) is 8.22. The molecular weight excluding hydrogens is 260 g/mol. The highest BCUT2D eigenvalue weighted by molar-refractivity contribution is 5.83. The lowest BCUT2D eigenvalue weighted by Crippen LogP contribution is -2.13. The summed E-state index contributed by atoms with van der Waals surface area (Å²) in [6.45, 7) is 9.00. The molecule has 0 aliphatic rings. The number of nitrogens with zero attached hydrogens (tertiary/aromatic N) is 1. The monoisotopic (exact) mass is 288 g/mol. The third-order valence-corrected chi connectivity index (χ3v) is 3.73. The summed E-state index contributed by atoms with van der Waals surface area (Å²) in [5, 5.41) is 4.85. The summed E-state index contributed by atoms with van der Waals surface area (Å²) >= 11 is 0. The second-order valence-corrected chi connectivity index (χ2v) is 5.51. The number of fused-ring (bicyclic) bond motifs is 1. The van der Waals surface area contributed by atoms with Crippen LogP contribution >= 0.6 is 0 Å². The van der Waals surface area contributed by atoms with E-state index in [9.17, 15) is 0 Å². The molecule has 0 saturated carbocycles. The molecule has 21 heavy (non-hydrogen) atoms. The van der Waals surface area contributed by atoms with Crippen LogP contribution in [-0.2, 0) is 17.8 Å². The Balaban J connectivity index is 2.01. The number of hydrogen-bond donors (Lipinski definition) is 1. The van der Waals surface area contributed by atoms with Crippen molar-refractivity contribution in [1.82, 2.24) is 9.88 Å². The van der Waals surface area contributed by atoms with Crippen molar-refractivity contribution in [2.24, 2.45) is 0 Å². The molecule has 0 spiro atoms. The van der Waals surface area contributed by atoms with Gasteiger partial charge >= 0.3 is 0 Å².